The predicted molar refractivity (Wildman–Crippen MR) is 79.6 cm³/mol. The lowest BCUT2D eigenvalue weighted by Crippen LogP contribution is -2.29. The molecule has 1 aliphatic heterocycles. The number of fused-ring (bicyclic) bond motifs is 1. The maximum absolute atomic E-state index is 4.90. The van der Waals surface area contributed by atoms with Crippen molar-refractivity contribution in [2.45, 2.75) is 38.5 Å². The van der Waals surface area contributed by atoms with Gasteiger partial charge >= 0.3 is 0 Å². The third-order valence-corrected chi connectivity index (χ3v) is 4.24. The van der Waals surface area contributed by atoms with E-state index in [-0.39, 0.29) is 0 Å². The zero-order valence-corrected chi connectivity index (χ0v) is 12.1. The molecule has 1 unspecified atom stereocenters. The first-order chi connectivity index (χ1) is 9.18. The van der Waals surface area contributed by atoms with Crippen molar-refractivity contribution in [2.75, 3.05) is 13.1 Å². The molecule has 1 aliphatic rings. The van der Waals surface area contributed by atoms with E-state index in [0.717, 1.165) is 18.6 Å². The summed E-state index contributed by atoms with van der Waals surface area (Å²) in [5.41, 5.74) is 3.87. The van der Waals surface area contributed by atoms with Crippen molar-refractivity contribution in [3.05, 3.63) is 29.6 Å². The summed E-state index contributed by atoms with van der Waals surface area (Å²) in [6.45, 7) is 6.72. The molecule has 2 aromatic rings. The van der Waals surface area contributed by atoms with Gasteiger partial charge in [-0.25, -0.2) is 4.98 Å². The van der Waals surface area contributed by atoms with Crippen LogP contribution in [0.4, 0.5) is 0 Å². The molecule has 0 radical (unpaired) electrons. The van der Waals surface area contributed by atoms with E-state index >= 15 is 0 Å². The van der Waals surface area contributed by atoms with Gasteiger partial charge in [-0.1, -0.05) is 26.0 Å². The number of hydrogen-bond donors (Lipinski definition) is 1. The number of para-hydroxylation sites is 1. The number of nitrogens with one attached hydrogen (secondary N) is 1. The lowest BCUT2D eigenvalue weighted by molar-refractivity contribution is 0.440. The van der Waals surface area contributed by atoms with Crippen LogP contribution in [0.2, 0.25) is 0 Å². The van der Waals surface area contributed by atoms with Crippen LogP contribution in [0.15, 0.2) is 18.2 Å². The molecule has 1 atom stereocenters. The number of hydrogen-bond acceptors (Lipinski definition) is 2. The summed E-state index contributed by atoms with van der Waals surface area (Å²) in [6.07, 6.45) is 2.51. The van der Waals surface area contributed by atoms with Crippen LogP contribution < -0.4 is 5.32 Å². The molecule has 1 fully saturated rings. The van der Waals surface area contributed by atoms with Gasteiger partial charge in [0.15, 0.2) is 0 Å². The van der Waals surface area contributed by atoms with Crippen molar-refractivity contribution in [3.8, 4) is 0 Å². The van der Waals surface area contributed by atoms with Gasteiger partial charge in [-0.05, 0) is 36.9 Å². The van der Waals surface area contributed by atoms with Gasteiger partial charge in [0.2, 0.25) is 0 Å². The lowest BCUT2D eigenvalue weighted by Gasteiger charge is -2.22. The largest absolute Gasteiger partial charge is 0.331 e. The molecule has 0 spiro atoms. The Morgan fingerprint density at radius 1 is 1.37 bits per heavy atom. The summed E-state index contributed by atoms with van der Waals surface area (Å²) in [5.74, 6) is 2.35. The Balaban J connectivity index is 2.12. The zero-order chi connectivity index (χ0) is 13.4. The molecule has 102 valence electrons. The number of imidazole rings is 1. The summed E-state index contributed by atoms with van der Waals surface area (Å²) in [6, 6.07) is 6.51. The van der Waals surface area contributed by atoms with Crippen LogP contribution in [0.25, 0.3) is 11.0 Å². The van der Waals surface area contributed by atoms with E-state index in [0.29, 0.717) is 11.8 Å². The molecule has 0 bridgehead atoms. The number of benzene rings is 1. The summed E-state index contributed by atoms with van der Waals surface area (Å²) >= 11 is 0. The van der Waals surface area contributed by atoms with Crippen LogP contribution in [-0.2, 0) is 7.05 Å². The maximum Gasteiger partial charge on any atom is 0.114 e. The Hall–Kier alpha value is -1.35. The van der Waals surface area contributed by atoms with Gasteiger partial charge in [-0.3, -0.25) is 0 Å². The fraction of sp³-hybridized carbons (Fsp3) is 0.562. The summed E-state index contributed by atoms with van der Waals surface area (Å²) < 4.78 is 2.32. The zero-order valence-electron chi connectivity index (χ0n) is 12.1. The third kappa shape index (κ3) is 2.16. The Bertz CT molecular complexity index is 577. The van der Waals surface area contributed by atoms with Crippen LogP contribution in [0.1, 0.15) is 49.9 Å². The Morgan fingerprint density at radius 2 is 2.21 bits per heavy atom. The summed E-state index contributed by atoms with van der Waals surface area (Å²) in [4.78, 5) is 4.90. The van der Waals surface area contributed by atoms with Gasteiger partial charge < -0.3 is 9.88 Å². The van der Waals surface area contributed by atoms with Crippen molar-refractivity contribution in [2.24, 2.45) is 7.05 Å². The molecule has 2 heterocycles. The summed E-state index contributed by atoms with van der Waals surface area (Å²) in [7, 11) is 2.17. The molecule has 3 nitrogen and oxygen atoms in total. The summed E-state index contributed by atoms with van der Waals surface area (Å²) in [5, 5.41) is 3.49. The first kappa shape index (κ1) is 12.7. The van der Waals surface area contributed by atoms with Crippen molar-refractivity contribution < 1.29 is 0 Å². The van der Waals surface area contributed by atoms with E-state index in [2.05, 4.69) is 49.0 Å². The van der Waals surface area contributed by atoms with E-state index in [1.807, 2.05) is 0 Å². The van der Waals surface area contributed by atoms with Crippen LogP contribution in [-0.4, -0.2) is 22.6 Å². The monoisotopic (exact) mass is 257 g/mol. The molecule has 1 aromatic carbocycles. The van der Waals surface area contributed by atoms with Crippen LogP contribution in [0.5, 0.6) is 0 Å². The van der Waals surface area contributed by atoms with E-state index in [1.165, 1.54) is 29.7 Å². The number of rotatable bonds is 2. The van der Waals surface area contributed by atoms with Gasteiger partial charge in [0, 0.05) is 19.5 Å². The smallest absolute Gasteiger partial charge is 0.114 e. The minimum Gasteiger partial charge on any atom is -0.331 e. The minimum absolute atomic E-state index is 0.538. The van der Waals surface area contributed by atoms with Crippen LogP contribution in [0.3, 0.4) is 0 Å². The molecule has 1 aromatic heterocycles. The van der Waals surface area contributed by atoms with E-state index in [4.69, 9.17) is 4.98 Å². The predicted octanol–water partition coefficient (Wildman–Crippen LogP) is 3.16. The van der Waals surface area contributed by atoms with Crippen LogP contribution in [0, 0.1) is 0 Å². The lowest BCUT2D eigenvalue weighted by atomic mass is 9.99. The quantitative estimate of drug-likeness (QED) is 0.895. The van der Waals surface area contributed by atoms with E-state index in [1.54, 1.807) is 0 Å². The molecule has 0 aliphatic carbocycles. The fourth-order valence-corrected chi connectivity index (χ4v) is 3.22. The fourth-order valence-electron chi connectivity index (χ4n) is 3.22. The number of aryl methyl sites for hydroxylation is 1. The topological polar surface area (TPSA) is 29.9 Å². The second-order valence-corrected chi connectivity index (χ2v) is 5.94. The number of nitrogens with zero attached hydrogens (tertiary/aromatic N) is 2. The van der Waals surface area contributed by atoms with Gasteiger partial charge in [-0.2, -0.15) is 0 Å². The molecular weight excluding hydrogens is 234 g/mol. The average Bonchev–Trinajstić information content (AvgIpc) is 2.77. The Labute approximate surface area is 115 Å². The first-order valence-electron chi connectivity index (χ1n) is 7.34. The number of piperidine rings is 1. The highest BCUT2D eigenvalue weighted by Gasteiger charge is 2.22. The maximum atomic E-state index is 4.90. The van der Waals surface area contributed by atoms with Crippen molar-refractivity contribution in [1.82, 2.24) is 14.9 Å². The highest BCUT2D eigenvalue weighted by atomic mass is 15.1. The molecule has 1 saturated heterocycles. The molecular formula is C16H23N3. The minimum atomic E-state index is 0.538. The van der Waals surface area contributed by atoms with E-state index in [9.17, 15) is 0 Å². The molecule has 3 heteroatoms. The standard InChI is InChI=1S/C16H23N3/c1-11(2)13-7-4-8-14-15(13)19(3)16(18-14)12-6-5-9-17-10-12/h4,7-8,11-12,17H,5-6,9-10H2,1-3H3. The van der Waals surface area contributed by atoms with Gasteiger partial charge in [0.05, 0.1) is 11.0 Å². The highest BCUT2D eigenvalue weighted by molar-refractivity contribution is 5.80. The van der Waals surface area contributed by atoms with E-state index < -0.39 is 0 Å². The van der Waals surface area contributed by atoms with Crippen molar-refractivity contribution >= 4 is 11.0 Å². The van der Waals surface area contributed by atoms with Gasteiger partial charge in [0.1, 0.15) is 5.82 Å². The average molecular weight is 257 g/mol. The second-order valence-electron chi connectivity index (χ2n) is 5.94. The van der Waals surface area contributed by atoms with Crippen molar-refractivity contribution in [1.29, 1.82) is 0 Å². The molecule has 0 amide bonds. The van der Waals surface area contributed by atoms with Gasteiger partial charge in [0.25, 0.3) is 0 Å². The second kappa shape index (κ2) is 4.97. The first-order valence-corrected chi connectivity index (χ1v) is 7.34. The normalized spacial score (nSPS) is 20.3. The molecule has 1 N–H and O–H groups in total. The SMILES string of the molecule is CC(C)c1cccc2nc(C3CCCNC3)n(C)c12. The third-order valence-electron chi connectivity index (χ3n) is 4.24. The Morgan fingerprint density at radius 3 is 2.89 bits per heavy atom. The van der Waals surface area contributed by atoms with Crippen LogP contribution >= 0.6 is 0 Å². The van der Waals surface area contributed by atoms with Gasteiger partial charge in [-0.15, -0.1) is 0 Å². The molecule has 3 rings (SSSR count). The molecule has 19 heavy (non-hydrogen) atoms. The number of aromatic nitrogens is 2. The van der Waals surface area contributed by atoms with Crippen molar-refractivity contribution in [3.63, 3.8) is 0 Å². The Kier molecular flexibility index (Phi) is 3.31. The highest BCUT2D eigenvalue weighted by Crippen LogP contribution is 2.30. The molecule has 0 saturated carbocycles.